The number of amides is 2. The molecule has 5 nitrogen and oxygen atoms in total. The maximum atomic E-state index is 13.5. The first-order chi connectivity index (χ1) is 8.90. The summed E-state index contributed by atoms with van der Waals surface area (Å²) in [6.45, 7) is 3.61. The van der Waals surface area contributed by atoms with Gasteiger partial charge in [0.05, 0.1) is 5.69 Å². The van der Waals surface area contributed by atoms with E-state index in [0.29, 0.717) is 5.56 Å². The van der Waals surface area contributed by atoms with Gasteiger partial charge in [-0.15, -0.1) is 0 Å². The van der Waals surface area contributed by atoms with Crippen LogP contribution in [-0.4, -0.2) is 23.7 Å². The number of para-hydroxylation sites is 1. The van der Waals surface area contributed by atoms with E-state index in [1.165, 1.54) is 6.07 Å². The summed E-state index contributed by atoms with van der Waals surface area (Å²) in [6.07, 6.45) is -0.0288. The number of halogens is 1. The molecule has 0 fully saturated rings. The number of urea groups is 1. The number of rotatable bonds is 5. The fraction of sp³-hybridized carbons (Fsp3) is 0.385. The first-order valence-corrected chi connectivity index (χ1v) is 5.92. The molecule has 0 saturated heterocycles. The van der Waals surface area contributed by atoms with E-state index in [9.17, 15) is 14.0 Å². The van der Waals surface area contributed by atoms with E-state index in [-0.39, 0.29) is 24.6 Å². The monoisotopic (exact) mass is 268 g/mol. The van der Waals surface area contributed by atoms with E-state index >= 15 is 0 Å². The smallest absolute Gasteiger partial charge is 0.319 e. The number of aliphatic carboxylic acids is 1. The standard InChI is InChI=1S/C13H17FN2O3/c1-8(6-11(17)18)7-15-13(19)16-12-9(2)4-3-5-10(12)14/h3-5,8H,6-7H2,1-2H3,(H,17,18)(H2,15,16,19). The van der Waals surface area contributed by atoms with Gasteiger partial charge in [0.2, 0.25) is 0 Å². The fourth-order valence-corrected chi connectivity index (χ4v) is 1.59. The summed E-state index contributed by atoms with van der Waals surface area (Å²) in [7, 11) is 0. The molecule has 6 heteroatoms. The number of hydrogen-bond acceptors (Lipinski definition) is 2. The van der Waals surface area contributed by atoms with Crippen LogP contribution in [0.5, 0.6) is 0 Å². The molecule has 1 unspecified atom stereocenters. The summed E-state index contributed by atoms with van der Waals surface area (Å²) < 4.78 is 13.5. The van der Waals surface area contributed by atoms with Gasteiger partial charge in [0.1, 0.15) is 5.82 Å². The molecule has 0 saturated carbocycles. The summed E-state index contributed by atoms with van der Waals surface area (Å²) in [4.78, 5) is 22.0. The predicted molar refractivity (Wildman–Crippen MR) is 69.6 cm³/mol. The summed E-state index contributed by atoms with van der Waals surface area (Å²) in [5, 5.41) is 13.5. The van der Waals surface area contributed by atoms with E-state index in [1.807, 2.05) is 0 Å². The highest BCUT2D eigenvalue weighted by Crippen LogP contribution is 2.18. The Morgan fingerprint density at radius 1 is 1.42 bits per heavy atom. The Morgan fingerprint density at radius 3 is 2.68 bits per heavy atom. The van der Waals surface area contributed by atoms with Gasteiger partial charge in [-0.25, -0.2) is 9.18 Å². The van der Waals surface area contributed by atoms with Crippen molar-refractivity contribution in [3.8, 4) is 0 Å². The van der Waals surface area contributed by atoms with Crippen LogP contribution in [0.3, 0.4) is 0 Å². The summed E-state index contributed by atoms with van der Waals surface area (Å²) in [5.74, 6) is -1.61. The van der Waals surface area contributed by atoms with Gasteiger partial charge in [0.15, 0.2) is 0 Å². The number of benzene rings is 1. The Labute approximate surface area is 110 Å². The van der Waals surface area contributed by atoms with Crippen LogP contribution in [0.2, 0.25) is 0 Å². The number of nitrogens with one attached hydrogen (secondary N) is 2. The lowest BCUT2D eigenvalue weighted by Gasteiger charge is -2.13. The molecule has 1 atom stereocenters. The number of carbonyl (C=O) groups is 2. The van der Waals surface area contributed by atoms with Gasteiger partial charge in [-0.3, -0.25) is 4.79 Å². The number of carboxylic acid groups (broad SMARTS) is 1. The fourth-order valence-electron chi connectivity index (χ4n) is 1.59. The van der Waals surface area contributed by atoms with Crippen LogP contribution in [-0.2, 0) is 4.79 Å². The Balaban J connectivity index is 2.50. The zero-order chi connectivity index (χ0) is 14.4. The predicted octanol–water partition coefficient (Wildman–Crippen LogP) is 2.37. The van der Waals surface area contributed by atoms with Crippen molar-refractivity contribution >= 4 is 17.7 Å². The summed E-state index contributed by atoms with van der Waals surface area (Å²) in [5.41, 5.74) is 0.750. The molecular formula is C13H17FN2O3. The second-order valence-electron chi connectivity index (χ2n) is 4.47. The normalized spacial score (nSPS) is 11.7. The highest BCUT2D eigenvalue weighted by atomic mass is 19.1. The van der Waals surface area contributed by atoms with Gasteiger partial charge < -0.3 is 15.7 Å². The second kappa shape index (κ2) is 6.72. The Morgan fingerprint density at radius 2 is 2.11 bits per heavy atom. The van der Waals surface area contributed by atoms with Crippen molar-refractivity contribution in [2.24, 2.45) is 5.92 Å². The van der Waals surface area contributed by atoms with Crippen LogP contribution in [0, 0.1) is 18.7 Å². The Hall–Kier alpha value is -2.11. The molecule has 19 heavy (non-hydrogen) atoms. The minimum Gasteiger partial charge on any atom is -0.481 e. The molecule has 0 aliphatic heterocycles. The molecule has 1 rings (SSSR count). The van der Waals surface area contributed by atoms with E-state index in [0.717, 1.165) is 0 Å². The van der Waals surface area contributed by atoms with Crippen molar-refractivity contribution in [1.29, 1.82) is 0 Å². The maximum absolute atomic E-state index is 13.5. The lowest BCUT2D eigenvalue weighted by molar-refractivity contribution is -0.137. The zero-order valence-electron chi connectivity index (χ0n) is 10.9. The van der Waals surface area contributed by atoms with Gasteiger partial charge in [0.25, 0.3) is 0 Å². The second-order valence-corrected chi connectivity index (χ2v) is 4.47. The van der Waals surface area contributed by atoms with E-state index < -0.39 is 17.8 Å². The van der Waals surface area contributed by atoms with Crippen LogP contribution in [0.15, 0.2) is 18.2 Å². The molecule has 1 aromatic rings. The molecule has 3 N–H and O–H groups in total. The minimum absolute atomic E-state index is 0.0288. The maximum Gasteiger partial charge on any atom is 0.319 e. The van der Waals surface area contributed by atoms with Crippen LogP contribution in [0.1, 0.15) is 18.9 Å². The first kappa shape index (κ1) is 14.9. The summed E-state index contributed by atoms with van der Waals surface area (Å²) in [6, 6.07) is 3.95. The van der Waals surface area contributed by atoms with Gasteiger partial charge in [-0.2, -0.15) is 0 Å². The molecule has 0 aromatic heterocycles. The molecule has 2 amide bonds. The Bertz CT molecular complexity index is 457. The van der Waals surface area contributed by atoms with E-state index in [1.54, 1.807) is 26.0 Å². The third-order valence-corrected chi connectivity index (χ3v) is 2.59. The average Bonchev–Trinajstić information content (AvgIpc) is 2.30. The van der Waals surface area contributed by atoms with E-state index in [4.69, 9.17) is 5.11 Å². The van der Waals surface area contributed by atoms with Crippen LogP contribution in [0.25, 0.3) is 0 Å². The summed E-state index contributed by atoms with van der Waals surface area (Å²) >= 11 is 0. The van der Waals surface area contributed by atoms with Gasteiger partial charge in [-0.05, 0) is 24.5 Å². The number of carbonyl (C=O) groups excluding carboxylic acids is 1. The minimum atomic E-state index is -0.917. The van der Waals surface area contributed by atoms with Crippen molar-refractivity contribution in [1.82, 2.24) is 5.32 Å². The lowest BCUT2D eigenvalue weighted by atomic mass is 10.1. The molecule has 0 spiro atoms. The lowest BCUT2D eigenvalue weighted by Crippen LogP contribution is -2.33. The highest BCUT2D eigenvalue weighted by molar-refractivity contribution is 5.90. The van der Waals surface area contributed by atoms with Crippen LogP contribution >= 0.6 is 0 Å². The molecule has 0 heterocycles. The number of hydrogen-bond donors (Lipinski definition) is 3. The van der Waals surface area contributed by atoms with Crippen LogP contribution in [0.4, 0.5) is 14.9 Å². The molecule has 1 aromatic carbocycles. The van der Waals surface area contributed by atoms with Gasteiger partial charge in [-0.1, -0.05) is 19.1 Å². The third kappa shape index (κ3) is 4.95. The van der Waals surface area contributed by atoms with Crippen molar-refractivity contribution < 1.29 is 19.1 Å². The number of aryl methyl sites for hydroxylation is 1. The van der Waals surface area contributed by atoms with Crippen molar-refractivity contribution in [3.63, 3.8) is 0 Å². The number of anilines is 1. The van der Waals surface area contributed by atoms with Crippen molar-refractivity contribution in [2.45, 2.75) is 20.3 Å². The highest BCUT2D eigenvalue weighted by Gasteiger charge is 2.11. The largest absolute Gasteiger partial charge is 0.481 e. The van der Waals surface area contributed by atoms with Gasteiger partial charge in [0, 0.05) is 13.0 Å². The molecular weight excluding hydrogens is 251 g/mol. The van der Waals surface area contributed by atoms with Crippen LogP contribution < -0.4 is 10.6 Å². The number of carboxylic acids is 1. The van der Waals surface area contributed by atoms with Crippen molar-refractivity contribution in [2.75, 3.05) is 11.9 Å². The Kier molecular flexibility index (Phi) is 5.29. The first-order valence-electron chi connectivity index (χ1n) is 5.92. The zero-order valence-corrected chi connectivity index (χ0v) is 10.9. The quantitative estimate of drug-likeness (QED) is 0.767. The molecule has 0 bridgehead atoms. The average molecular weight is 268 g/mol. The third-order valence-electron chi connectivity index (χ3n) is 2.59. The molecule has 104 valence electrons. The molecule has 0 aliphatic rings. The molecule has 0 radical (unpaired) electrons. The van der Waals surface area contributed by atoms with Gasteiger partial charge >= 0.3 is 12.0 Å². The molecule has 0 aliphatic carbocycles. The SMILES string of the molecule is Cc1cccc(F)c1NC(=O)NCC(C)CC(=O)O. The van der Waals surface area contributed by atoms with E-state index in [2.05, 4.69) is 10.6 Å². The topological polar surface area (TPSA) is 78.4 Å². The van der Waals surface area contributed by atoms with Crippen molar-refractivity contribution in [3.05, 3.63) is 29.6 Å².